The van der Waals surface area contributed by atoms with Gasteiger partial charge in [0.2, 0.25) is 0 Å². The molecule has 0 radical (unpaired) electrons. The molecule has 0 atom stereocenters. The summed E-state index contributed by atoms with van der Waals surface area (Å²) in [5.74, 6) is 1.28. The highest BCUT2D eigenvalue weighted by molar-refractivity contribution is 7.92. The van der Waals surface area contributed by atoms with Crippen molar-refractivity contribution in [3.8, 4) is 11.5 Å². The Morgan fingerprint density at radius 1 is 1.04 bits per heavy atom. The molecule has 0 amide bonds. The normalized spacial score (nSPS) is 11.2. The molecule has 6 nitrogen and oxygen atoms in total. The quantitative estimate of drug-likeness (QED) is 0.733. The lowest BCUT2D eigenvalue weighted by Gasteiger charge is -2.14. The molecular weight excluding hydrogens is 340 g/mol. The third-order valence-corrected chi connectivity index (χ3v) is 4.73. The van der Waals surface area contributed by atoms with Crippen molar-refractivity contribution >= 4 is 15.8 Å². The summed E-state index contributed by atoms with van der Waals surface area (Å²) in [4.78, 5) is 4.18. The number of aryl methyl sites for hydroxylation is 1. The number of aromatic nitrogens is 1. The molecular formula is C18H24N2O4S. The van der Waals surface area contributed by atoms with Gasteiger partial charge >= 0.3 is 0 Å². The lowest BCUT2D eigenvalue weighted by molar-refractivity contribution is 0.267. The molecule has 2 aromatic rings. The van der Waals surface area contributed by atoms with E-state index in [0.717, 1.165) is 18.4 Å². The first-order valence-electron chi connectivity index (χ1n) is 8.32. The van der Waals surface area contributed by atoms with E-state index in [4.69, 9.17) is 9.47 Å². The van der Waals surface area contributed by atoms with Gasteiger partial charge in [0.05, 0.1) is 18.1 Å². The summed E-state index contributed by atoms with van der Waals surface area (Å²) in [6.07, 6.45) is 3.21. The van der Waals surface area contributed by atoms with Gasteiger partial charge in [0.25, 0.3) is 10.0 Å². The van der Waals surface area contributed by atoms with Crippen molar-refractivity contribution in [3.05, 3.63) is 42.1 Å². The van der Waals surface area contributed by atoms with Crippen LogP contribution < -0.4 is 14.2 Å². The van der Waals surface area contributed by atoms with Crippen LogP contribution in [0.1, 0.15) is 32.3 Å². The predicted molar refractivity (Wildman–Crippen MR) is 97.8 cm³/mol. The van der Waals surface area contributed by atoms with Crippen LogP contribution in [-0.4, -0.2) is 26.6 Å². The number of pyridine rings is 1. The van der Waals surface area contributed by atoms with Crippen molar-refractivity contribution in [1.29, 1.82) is 0 Å². The van der Waals surface area contributed by atoms with Crippen molar-refractivity contribution in [3.63, 3.8) is 0 Å². The minimum atomic E-state index is -3.77. The van der Waals surface area contributed by atoms with E-state index in [1.807, 2.05) is 13.8 Å². The Balaban J connectivity index is 2.31. The largest absolute Gasteiger partial charge is 0.490 e. The fourth-order valence-electron chi connectivity index (χ4n) is 2.09. The van der Waals surface area contributed by atoms with Gasteiger partial charge in [-0.05, 0) is 43.5 Å². The Hall–Kier alpha value is -2.28. The van der Waals surface area contributed by atoms with Crippen LogP contribution in [0.2, 0.25) is 0 Å². The number of hydrogen-bond acceptors (Lipinski definition) is 5. The van der Waals surface area contributed by atoms with E-state index in [1.165, 1.54) is 12.1 Å². The predicted octanol–water partition coefficient (Wildman–Crippen LogP) is 3.77. The minimum Gasteiger partial charge on any atom is -0.490 e. The van der Waals surface area contributed by atoms with E-state index in [9.17, 15) is 8.42 Å². The van der Waals surface area contributed by atoms with E-state index in [1.54, 1.807) is 31.3 Å². The smallest absolute Gasteiger partial charge is 0.263 e. The monoisotopic (exact) mass is 364 g/mol. The summed E-state index contributed by atoms with van der Waals surface area (Å²) in [6.45, 7) is 6.81. The zero-order chi connectivity index (χ0) is 18.3. The molecule has 1 heterocycles. The first-order valence-corrected chi connectivity index (χ1v) is 9.80. The van der Waals surface area contributed by atoms with Crippen LogP contribution in [0.3, 0.4) is 0 Å². The molecule has 1 aromatic heterocycles. The van der Waals surface area contributed by atoms with Crippen molar-refractivity contribution in [2.45, 2.75) is 38.5 Å². The van der Waals surface area contributed by atoms with Gasteiger partial charge < -0.3 is 9.47 Å². The summed E-state index contributed by atoms with van der Waals surface area (Å²) in [7, 11) is -3.77. The highest BCUT2D eigenvalue weighted by atomic mass is 32.2. The standard InChI is InChI=1S/C18H24N2O4S/c1-4-11-23-16-9-8-15(13-17(16)24-12-5-2)25(21,22)20-18-14(3)7-6-10-19-18/h6-10,13H,4-5,11-12H2,1-3H3,(H,19,20). The number of rotatable bonds is 9. The molecule has 1 aromatic carbocycles. The van der Waals surface area contributed by atoms with Crippen molar-refractivity contribution in [2.24, 2.45) is 0 Å². The topological polar surface area (TPSA) is 77.5 Å². The van der Waals surface area contributed by atoms with E-state index in [2.05, 4.69) is 9.71 Å². The van der Waals surface area contributed by atoms with Crippen LogP contribution >= 0.6 is 0 Å². The van der Waals surface area contributed by atoms with Crippen LogP contribution in [0, 0.1) is 6.92 Å². The van der Waals surface area contributed by atoms with Gasteiger partial charge in [-0.3, -0.25) is 4.72 Å². The number of hydrogen-bond donors (Lipinski definition) is 1. The fourth-order valence-corrected chi connectivity index (χ4v) is 3.19. The van der Waals surface area contributed by atoms with Crippen LogP contribution in [0.25, 0.3) is 0 Å². The summed E-state index contributed by atoms with van der Waals surface area (Å²) >= 11 is 0. The van der Waals surface area contributed by atoms with Gasteiger partial charge in [0, 0.05) is 12.3 Å². The zero-order valence-corrected chi connectivity index (χ0v) is 15.6. The summed E-state index contributed by atoms with van der Waals surface area (Å²) in [5, 5.41) is 0. The van der Waals surface area contributed by atoms with Crippen LogP contribution in [-0.2, 0) is 10.0 Å². The number of anilines is 1. The van der Waals surface area contributed by atoms with Crippen LogP contribution in [0.4, 0.5) is 5.82 Å². The second-order valence-electron chi connectivity index (χ2n) is 5.58. The number of nitrogens with zero attached hydrogens (tertiary/aromatic N) is 1. The van der Waals surface area contributed by atoms with Crippen LogP contribution in [0.5, 0.6) is 11.5 Å². The molecule has 2 rings (SSSR count). The molecule has 0 unspecified atom stereocenters. The SMILES string of the molecule is CCCOc1ccc(S(=O)(=O)Nc2ncccc2C)cc1OCCC. The molecule has 0 aliphatic heterocycles. The maximum Gasteiger partial charge on any atom is 0.263 e. The Kier molecular flexibility index (Phi) is 6.64. The van der Waals surface area contributed by atoms with Crippen molar-refractivity contribution in [1.82, 2.24) is 4.98 Å². The van der Waals surface area contributed by atoms with Gasteiger partial charge in [-0.25, -0.2) is 13.4 Å². The van der Waals surface area contributed by atoms with Gasteiger partial charge in [0.15, 0.2) is 11.5 Å². The number of nitrogens with one attached hydrogen (secondary N) is 1. The molecule has 0 aliphatic carbocycles. The third kappa shape index (κ3) is 5.09. The number of ether oxygens (including phenoxy) is 2. The average molecular weight is 364 g/mol. The zero-order valence-electron chi connectivity index (χ0n) is 14.8. The van der Waals surface area contributed by atoms with E-state index < -0.39 is 10.0 Å². The average Bonchev–Trinajstić information content (AvgIpc) is 2.60. The second kappa shape index (κ2) is 8.71. The molecule has 0 spiro atoms. The Morgan fingerprint density at radius 3 is 2.36 bits per heavy atom. The Bertz CT molecular complexity index is 806. The van der Waals surface area contributed by atoms with E-state index in [0.29, 0.717) is 30.5 Å². The first kappa shape index (κ1) is 19.1. The van der Waals surface area contributed by atoms with E-state index >= 15 is 0 Å². The molecule has 0 saturated heterocycles. The highest BCUT2D eigenvalue weighted by Gasteiger charge is 2.19. The Morgan fingerprint density at radius 2 is 1.72 bits per heavy atom. The van der Waals surface area contributed by atoms with Gasteiger partial charge in [-0.2, -0.15) is 0 Å². The minimum absolute atomic E-state index is 0.104. The Labute approximate surface area is 149 Å². The first-order chi connectivity index (χ1) is 12.0. The van der Waals surface area contributed by atoms with E-state index in [-0.39, 0.29) is 4.90 Å². The highest BCUT2D eigenvalue weighted by Crippen LogP contribution is 2.31. The molecule has 0 bridgehead atoms. The van der Waals surface area contributed by atoms with Crippen molar-refractivity contribution < 1.29 is 17.9 Å². The number of sulfonamides is 1. The lowest BCUT2D eigenvalue weighted by atomic mass is 10.3. The van der Waals surface area contributed by atoms with Gasteiger partial charge in [0.1, 0.15) is 5.82 Å². The summed E-state index contributed by atoms with van der Waals surface area (Å²) in [6, 6.07) is 8.16. The summed E-state index contributed by atoms with van der Waals surface area (Å²) < 4.78 is 39.1. The molecule has 7 heteroatoms. The molecule has 0 aliphatic rings. The molecule has 136 valence electrons. The number of benzene rings is 1. The summed E-state index contributed by atoms with van der Waals surface area (Å²) in [5.41, 5.74) is 0.747. The van der Waals surface area contributed by atoms with Crippen molar-refractivity contribution in [2.75, 3.05) is 17.9 Å². The lowest BCUT2D eigenvalue weighted by Crippen LogP contribution is -2.15. The maximum absolute atomic E-state index is 12.7. The molecule has 25 heavy (non-hydrogen) atoms. The van der Waals surface area contributed by atoms with Gasteiger partial charge in [-0.1, -0.05) is 19.9 Å². The maximum atomic E-state index is 12.7. The third-order valence-electron chi connectivity index (χ3n) is 3.39. The molecule has 0 fully saturated rings. The second-order valence-corrected chi connectivity index (χ2v) is 7.26. The molecule has 1 N–H and O–H groups in total. The van der Waals surface area contributed by atoms with Gasteiger partial charge in [-0.15, -0.1) is 0 Å². The fraction of sp³-hybridized carbons (Fsp3) is 0.389. The van der Waals surface area contributed by atoms with Crippen LogP contribution in [0.15, 0.2) is 41.4 Å². The molecule has 0 saturated carbocycles.